The highest BCUT2D eigenvalue weighted by Crippen LogP contribution is 2.13. The zero-order valence-corrected chi connectivity index (χ0v) is 10.7. The second-order valence-electron chi connectivity index (χ2n) is 3.88. The molecule has 0 amide bonds. The average Bonchev–Trinajstić information content (AvgIpc) is 2.95. The summed E-state index contributed by atoms with van der Waals surface area (Å²) in [7, 11) is -1.76. The number of aromatic amines is 1. The Morgan fingerprint density at radius 1 is 1.56 bits per heavy atom. The summed E-state index contributed by atoms with van der Waals surface area (Å²) >= 11 is 0. The van der Waals surface area contributed by atoms with Crippen LogP contribution < -0.4 is 10.5 Å². The fraction of sp³-hybridized carbons (Fsp3) is 0.300. The number of imidazole rings is 1. The zero-order valence-electron chi connectivity index (χ0n) is 9.92. The molecule has 0 aliphatic heterocycles. The van der Waals surface area contributed by atoms with Gasteiger partial charge in [-0.15, -0.1) is 0 Å². The van der Waals surface area contributed by atoms with Gasteiger partial charge in [-0.1, -0.05) is 0 Å². The predicted molar refractivity (Wildman–Crippen MR) is 65.9 cm³/mol. The standard InChI is InChI=1S/C10H15N5O2S/c1-15-6-10(2-9(15)3-11)18(16,17)14-5-8-4-12-7-13-8/h2,4,6-7,14H,3,5,11H2,1H3,(H,12,13). The van der Waals surface area contributed by atoms with Gasteiger partial charge < -0.3 is 15.3 Å². The van der Waals surface area contributed by atoms with E-state index in [9.17, 15) is 8.42 Å². The van der Waals surface area contributed by atoms with E-state index in [1.807, 2.05) is 0 Å². The first-order valence-corrected chi connectivity index (χ1v) is 6.83. The summed E-state index contributed by atoms with van der Waals surface area (Å²) in [6.07, 6.45) is 4.61. The van der Waals surface area contributed by atoms with Crippen LogP contribution in [0.2, 0.25) is 0 Å². The number of nitrogens with two attached hydrogens (primary N) is 1. The maximum Gasteiger partial charge on any atom is 0.242 e. The molecule has 4 N–H and O–H groups in total. The minimum Gasteiger partial charge on any atom is -0.352 e. The second-order valence-corrected chi connectivity index (χ2v) is 5.65. The first-order valence-electron chi connectivity index (χ1n) is 5.35. The largest absolute Gasteiger partial charge is 0.352 e. The summed E-state index contributed by atoms with van der Waals surface area (Å²) < 4.78 is 28.2. The monoisotopic (exact) mass is 269 g/mol. The molecule has 2 heterocycles. The van der Waals surface area contributed by atoms with E-state index in [2.05, 4.69) is 14.7 Å². The number of sulfonamides is 1. The van der Waals surface area contributed by atoms with Crippen molar-refractivity contribution in [1.82, 2.24) is 19.3 Å². The SMILES string of the molecule is Cn1cc(S(=O)(=O)NCc2cnc[nH]2)cc1CN. The van der Waals surface area contributed by atoms with E-state index < -0.39 is 10.0 Å². The number of aromatic nitrogens is 3. The van der Waals surface area contributed by atoms with Gasteiger partial charge >= 0.3 is 0 Å². The summed E-state index contributed by atoms with van der Waals surface area (Å²) in [6, 6.07) is 1.56. The number of H-pyrrole nitrogens is 1. The molecule has 98 valence electrons. The molecule has 0 radical (unpaired) electrons. The van der Waals surface area contributed by atoms with Gasteiger partial charge in [-0.25, -0.2) is 18.1 Å². The Hall–Kier alpha value is -1.64. The van der Waals surface area contributed by atoms with E-state index in [1.54, 1.807) is 23.9 Å². The van der Waals surface area contributed by atoms with Crippen molar-refractivity contribution < 1.29 is 8.42 Å². The molecule has 8 heteroatoms. The van der Waals surface area contributed by atoms with Crippen LogP contribution in [0.3, 0.4) is 0 Å². The highest BCUT2D eigenvalue weighted by molar-refractivity contribution is 7.89. The third-order valence-electron chi connectivity index (χ3n) is 2.61. The number of nitrogens with one attached hydrogen (secondary N) is 2. The van der Waals surface area contributed by atoms with Gasteiger partial charge in [-0.3, -0.25) is 0 Å². The van der Waals surface area contributed by atoms with Gasteiger partial charge in [-0.05, 0) is 6.07 Å². The van der Waals surface area contributed by atoms with E-state index >= 15 is 0 Å². The topological polar surface area (TPSA) is 106 Å². The van der Waals surface area contributed by atoms with Gasteiger partial charge in [0, 0.05) is 37.4 Å². The van der Waals surface area contributed by atoms with Gasteiger partial charge in [0.2, 0.25) is 10.0 Å². The van der Waals surface area contributed by atoms with E-state index in [1.165, 1.54) is 12.5 Å². The molecular weight excluding hydrogens is 254 g/mol. The average molecular weight is 269 g/mol. The molecule has 7 nitrogen and oxygen atoms in total. The van der Waals surface area contributed by atoms with Crippen molar-refractivity contribution >= 4 is 10.0 Å². The summed E-state index contributed by atoms with van der Waals surface area (Å²) in [4.78, 5) is 6.85. The minimum absolute atomic E-state index is 0.176. The lowest BCUT2D eigenvalue weighted by atomic mass is 10.4. The molecule has 2 aromatic rings. The van der Waals surface area contributed by atoms with Crippen LogP contribution in [0.4, 0.5) is 0 Å². The molecule has 0 aliphatic carbocycles. The first kappa shape index (κ1) is 12.8. The second kappa shape index (κ2) is 4.92. The molecule has 18 heavy (non-hydrogen) atoms. The molecule has 0 saturated heterocycles. The molecule has 0 unspecified atom stereocenters. The third-order valence-corrected chi connectivity index (χ3v) is 3.98. The predicted octanol–water partition coefficient (Wildman–Crippen LogP) is -0.315. The molecule has 0 bridgehead atoms. The quantitative estimate of drug-likeness (QED) is 0.692. The van der Waals surface area contributed by atoms with Crippen molar-refractivity contribution in [2.75, 3.05) is 0 Å². The molecule has 2 rings (SSSR count). The smallest absolute Gasteiger partial charge is 0.242 e. The third kappa shape index (κ3) is 2.61. The molecule has 0 atom stereocenters. The van der Waals surface area contributed by atoms with Crippen molar-refractivity contribution in [1.29, 1.82) is 0 Å². The van der Waals surface area contributed by atoms with Gasteiger partial charge in [-0.2, -0.15) is 0 Å². The Bertz CT molecular complexity index is 615. The van der Waals surface area contributed by atoms with Crippen molar-refractivity contribution in [3.05, 3.63) is 36.2 Å². The Morgan fingerprint density at radius 2 is 2.33 bits per heavy atom. The highest BCUT2D eigenvalue weighted by Gasteiger charge is 2.17. The fourth-order valence-electron chi connectivity index (χ4n) is 1.56. The lowest BCUT2D eigenvalue weighted by Gasteiger charge is -2.02. The van der Waals surface area contributed by atoms with Crippen LogP contribution in [0.25, 0.3) is 0 Å². The Labute approximate surface area is 105 Å². The number of hydrogen-bond acceptors (Lipinski definition) is 4. The van der Waals surface area contributed by atoms with Gasteiger partial charge in [0.25, 0.3) is 0 Å². The van der Waals surface area contributed by atoms with Crippen LogP contribution in [0.15, 0.2) is 29.7 Å². The van der Waals surface area contributed by atoms with Crippen LogP contribution >= 0.6 is 0 Å². The van der Waals surface area contributed by atoms with E-state index in [0.29, 0.717) is 12.2 Å². The summed E-state index contributed by atoms with van der Waals surface area (Å²) in [5.41, 5.74) is 6.97. The van der Waals surface area contributed by atoms with Crippen molar-refractivity contribution in [2.45, 2.75) is 18.0 Å². The highest BCUT2D eigenvalue weighted by atomic mass is 32.2. The minimum atomic E-state index is -3.52. The van der Waals surface area contributed by atoms with Crippen LogP contribution in [-0.4, -0.2) is 23.0 Å². The van der Waals surface area contributed by atoms with Gasteiger partial charge in [0.15, 0.2) is 0 Å². The number of hydrogen-bond donors (Lipinski definition) is 3. The first-order chi connectivity index (χ1) is 8.53. The summed E-state index contributed by atoms with van der Waals surface area (Å²) in [5.74, 6) is 0. The lowest BCUT2D eigenvalue weighted by molar-refractivity contribution is 0.580. The van der Waals surface area contributed by atoms with E-state index in [0.717, 1.165) is 5.69 Å². The molecule has 0 aliphatic rings. The number of nitrogens with zero attached hydrogens (tertiary/aromatic N) is 2. The Morgan fingerprint density at radius 3 is 2.89 bits per heavy atom. The molecule has 0 fully saturated rings. The zero-order chi connectivity index (χ0) is 13.2. The lowest BCUT2D eigenvalue weighted by Crippen LogP contribution is -2.23. The summed E-state index contributed by atoms with van der Waals surface area (Å²) in [6.45, 7) is 0.474. The Kier molecular flexibility index (Phi) is 3.50. The summed E-state index contributed by atoms with van der Waals surface area (Å²) in [5, 5.41) is 0. The molecule has 0 saturated carbocycles. The molecule has 0 spiro atoms. The van der Waals surface area contributed by atoms with Gasteiger partial charge in [0.05, 0.1) is 17.8 Å². The number of rotatable bonds is 5. The van der Waals surface area contributed by atoms with Crippen LogP contribution in [0.1, 0.15) is 11.4 Å². The number of aryl methyl sites for hydroxylation is 1. The van der Waals surface area contributed by atoms with Crippen LogP contribution in [0, 0.1) is 0 Å². The van der Waals surface area contributed by atoms with Crippen molar-refractivity contribution in [3.8, 4) is 0 Å². The maximum atomic E-state index is 12.0. The maximum absolute atomic E-state index is 12.0. The molecule has 0 aromatic carbocycles. The molecular formula is C10H15N5O2S. The normalized spacial score (nSPS) is 11.9. The Balaban J connectivity index is 2.14. The van der Waals surface area contributed by atoms with Crippen LogP contribution in [0.5, 0.6) is 0 Å². The van der Waals surface area contributed by atoms with E-state index in [4.69, 9.17) is 5.73 Å². The van der Waals surface area contributed by atoms with E-state index in [-0.39, 0.29) is 11.4 Å². The fourth-order valence-corrected chi connectivity index (χ4v) is 2.66. The van der Waals surface area contributed by atoms with Crippen LogP contribution in [-0.2, 0) is 30.2 Å². The van der Waals surface area contributed by atoms with Gasteiger partial charge in [0.1, 0.15) is 0 Å². The van der Waals surface area contributed by atoms with Crippen molar-refractivity contribution in [3.63, 3.8) is 0 Å². The molecule has 2 aromatic heterocycles. The van der Waals surface area contributed by atoms with Crippen molar-refractivity contribution in [2.24, 2.45) is 12.8 Å².